The molecule has 1 heterocycles. The molecule has 0 aliphatic heterocycles. The van der Waals surface area contributed by atoms with Crippen molar-refractivity contribution in [1.82, 2.24) is 4.98 Å². The van der Waals surface area contributed by atoms with Gasteiger partial charge in [0.05, 0.1) is 11.6 Å². The van der Waals surface area contributed by atoms with Crippen molar-refractivity contribution in [2.45, 2.75) is 26.5 Å². The molecule has 0 unspecified atom stereocenters. The van der Waals surface area contributed by atoms with Crippen molar-refractivity contribution in [3.63, 3.8) is 0 Å². The molecule has 0 bridgehead atoms. The second-order valence-electron chi connectivity index (χ2n) is 3.83. The fourth-order valence-corrected chi connectivity index (χ4v) is 2.34. The summed E-state index contributed by atoms with van der Waals surface area (Å²) in [5.74, 6) is 0.159. The molecule has 0 saturated carbocycles. The summed E-state index contributed by atoms with van der Waals surface area (Å²) < 4.78 is 28.2. The molecule has 0 aliphatic rings. The minimum absolute atomic E-state index is 0.159. The van der Waals surface area contributed by atoms with Gasteiger partial charge in [-0.2, -0.15) is 8.78 Å². The first-order valence-corrected chi connectivity index (χ1v) is 6.71. The van der Waals surface area contributed by atoms with Crippen LogP contribution >= 0.6 is 11.3 Å². The van der Waals surface area contributed by atoms with Crippen molar-refractivity contribution in [2.75, 3.05) is 5.32 Å². The number of rotatable bonds is 6. The lowest BCUT2D eigenvalue weighted by atomic mass is 10.3. The average molecular weight is 284 g/mol. The highest BCUT2D eigenvalue weighted by Crippen LogP contribution is 2.19. The van der Waals surface area contributed by atoms with Gasteiger partial charge in [0, 0.05) is 16.8 Å². The summed E-state index contributed by atoms with van der Waals surface area (Å²) in [5.41, 5.74) is 0.855. The third-order valence-electron chi connectivity index (χ3n) is 2.45. The Hall–Kier alpha value is -1.69. The highest BCUT2D eigenvalue weighted by atomic mass is 32.1. The molecule has 1 aromatic carbocycles. The van der Waals surface area contributed by atoms with Crippen molar-refractivity contribution >= 4 is 17.0 Å². The molecule has 1 aromatic heterocycles. The zero-order valence-corrected chi connectivity index (χ0v) is 11.2. The van der Waals surface area contributed by atoms with Crippen LogP contribution in [0.25, 0.3) is 0 Å². The first kappa shape index (κ1) is 13.7. The molecule has 0 fully saturated rings. The van der Waals surface area contributed by atoms with Crippen molar-refractivity contribution < 1.29 is 13.5 Å². The largest absolute Gasteiger partial charge is 0.435 e. The molecule has 19 heavy (non-hydrogen) atoms. The first-order valence-electron chi connectivity index (χ1n) is 5.89. The zero-order valence-electron chi connectivity index (χ0n) is 10.4. The van der Waals surface area contributed by atoms with Crippen LogP contribution in [0.15, 0.2) is 30.5 Å². The topological polar surface area (TPSA) is 34.2 Å². The molecule has 0 aliphatic carbocycles. The summed E-state index contributed by atoms with van der Waals surface area (Å²) >= 11 is 1.67. The number of thiazole rings is 1. The number of ether oxygens (including phenoxy) is 1. The van der Waals surface area contributed by atoms with E-state index in [1.165, 1.54) is 12.1 Å². The number of aromatic nitrogens is 1. The Bertz CT molecular complexity index is 514. The van der Waals surface area contributed by atoms with Crippen LogP contribution in [0.2, 0.25) is 0 Å². The van der Waals surface area contributed by atoms with Crippen LogP contribution in [0.1, 0.15) is 16.8 Å². The highest BCUT2D eigenvalue weighted by molar-refractivity contribution is 7.11. The van der Waals surface area contributed by atoms with Gasteiger partial charge in [-0.05, 0) is 30.7 Å². The van der Waals surface area contributed by atoms with E-state index in [4.69, 9.17) is 0 Å². The Balaban J connectivity index is 1.89. The Morgan fingerprint density at radius 3 is 2.63 bits per heavy atom. The molecule has 0 amide bonds. The Morgan fingerprint density at radius 1 is 1.32 bits per heavy atom. The van der Waals surface area contributed by atoms with Crippen molar-refractivity contribution in [3.8, 4) is 5.75 Å². The number of nitrogens with zero attached hydrogens (tertiary/aromatic N) is 1. The van der Waals surface area contributed by atoms with E-state index in [2.05, 4.69) is 22.0 Å². The fraction of sp³-hybridized carbons (Fsp3) is 0.308. The zero-order chi connectivity index (χ0) is 13.7. The van der Waals surface area contributed by atoms with Gasteiger partial charge in [-0.25, -0.2) is 4.98 Å². The first-order chi connectivity index (χ1) is 9.17. The number of hydrogen-bond acceptors (Lipinski definition) is 4. The second kappa shape index (κ2) is 6.47. The molecule has 0 saturated heterocycles. The minimum atomic E-state index is -2.79. The van der Waals surface area contributed by atoms with Crippen LogP contribution in [0.5, 0.6) is 5.75 Å². The Kier molecular flexibility index (Phi) is 4.68. The maximum absolute atomic E-state index is 12.0. The van der Waals surface area contributed by atoms with Gasteiger partial charge in [-0.15, -0.1) is 11.3 Å². The van der Waals surface area contributed by atoms with Crippen LogP contribution in [0.4, 0.5) is 14.5 Å². The summed E-state index contributed by atoms with van der Waals surface area (Å²) in [4.78, 5) is 5.41. The SMILES string of the molecule is CCc1ncc(CNc2ccc(OC(F)F)cc2)s1. The molecule has 1 N–H and O–H groups in total. The van der Waals surface area contributed by atoms with E-state index in [-0.39, 0.29) is 5.75 Å². The number of anilines is 1. The number of alkyl halides is 2. The van der Waals surface area contributed by atoms with Gasteiger partial charge >= 0.3 is 6.61 Å². The molecule has 0 radical (unpaired) electrons. The van der Waals surface area contributed by atoms with Crippen molar-refractivity contribution in [3.05, 3.63) is 40.3 Å². The fourth-order valence-electron chi connectivity index (χ4n) is 1.54. The normalized spacial score (nSPS) is 10.7. The molecule has 102 valence electrons. The Morgan fingerprint density at radius 2 is 2.05 bits per heavy atom. The van der Waals surface area contributed by atoms with Gasteiger partial charge in [-0.1, -0.05) is 6.92 Å². The second-order valence-corrected chi connectivity index (χ2v) is 5.03. The molecule has 2 rings (SSSR count). The van der Waals surface area contributed by atoms with E-state index in [1.54, 1.807) is 23.5 Å². The smallest absolute Gasteiger partial charge is 0.387 e. The lowest BCUT2D eigenvalue weighted by Crippen LogP contribution is -2.02. The van der Waals surface area contributed by atoms with E-state index in [1.807, 2.05) is 6.20 Å². The maximum Gasteiger partial charge on any atom is 0.387 e. The predicted octanol–water partition coefficient (Wildman–Crippen LogP) is 3.92. The minimum Gasteiger partial charge on any atom is -0.435 e. The molecule has 3 nitrogen and oxygen atoms in total. The maximum atomic E-state index is 12.0. The summed E-state index contributed by atoms with van der Waals surface area (Å²) in [5, 5.41) is 4.32. The van der Waals surface area contributed by atoms with E-state index in [0.29, 0.717) is 6.54 Å². The summed E-state index contributed by atoms with van der Waals surface area (Å²) in [6.07, 6.45) is 2.79. The lowest BCUT2D eigenvalue weighted by Gasteiger charge is -2.07. The number of nitrogens with one attached hydrogen (secondary N) is 1. The van der Waals surface area contributed by atoms with Crippen LogP contribution in [0.3, 0.4) is 0 Å². The third kappa shape index (κ3) is 4.17. The van der Waals surface area contributed by atoms with Crippen LogP contribution < -0.4 is 10.1 Å². The number of benzene rings is 1. The van der Waals surface area contributed by atoms with E-state index in [9.17, 15) is 8.78 Å². The van der Waals surface area contributed by atoms with Crippen LogP contribution in [-0.2, 0) is 13.0 Å². The van der Waals surface area contributed by atoms with Gasteiger partial charge in [0.15, 0.2) is 0 Å². The van der Waals surface area contributed by atoms with Gasteiger partial charge in [-0.3, -0.25) is 0 Å². The predicted molar refractivity (Wildman–Crippen MR) is 71.9 cm³/mol. The Labute approximate surface area is 114 Å². The van der Waals surface area contributed by atoms with E-state index in [0.717, 1.165) is 22.0 Å². The van der Waals surface area contributed by atoms with Crippen molar-refractivity contribution in [2.24, 2.45) is 0 Å². The van der Waals surface area contributed by atoms with E-state index < -0.39 is 6.61 Å². The van der Waals surface area contributed by atoms with Gasteiger partial charge in [0.1, 0.15) is 5.75 Å². The van der Waals surface area contributed by atoms with Gasteiger partial charge < -0.3 is 10.1 Å². The van der Waals surface area contributed by atoms with Gasteiger partial charge in [0.25, 0.3) is 0 Å². The van der Waals surface area contributed by atoms with E-state index >= 15 is 0 Å². The molecule has 2 aromatic rings. The summed E-state index contributed by atoms with van der Waals surface area (Å²) in [6.45, 7) is -0.0479. The van der Waals surface area contributed by atoms with Crippen LogP contribution in [-0.4, -0.2) is 11.6 Å². The lowest BCUT2D eigenvalue weighted by molar-refractivity contribution is -0.0498. The standard InChI is InChI=1S/C13H14F2N2OS/c1-2-12-17-8-11(19-12)7-16-9-3-5-10(6-4-9)18-13(14)15/h3-6,8,13,16H,2,7H2,1H3. The average Bonchev–Trinajstić information content (AvgIpc) is 2.85. The molecule has 0 spiro atoms. The number of hydrogen-bond donors (Lipinski definition) is 1. The molecule has 6 heteroatoms. The van der Waals surface area contributed by atoms with Crippen LogP contribution in [0, 0.1) is 0 Å². The number of aryl methyl sites for hydroxylation is 1. The third-order valence-corrected chi connectivity index (χ3v) is 3.59. The molecular formula is C13H14F2N2OS. The van der Waals surface area contributed by atoms with Gasteiger partial charge in [0.2, 0.25) is 0 Å². The summed E-state index contributed by atoms with van der Waals surface area (Å²) in [6, 6.07) is 6.44. The van der Waals surface area contributed by atoms with Crippen molar-refractivity contribution in [1.29, 1.82) is 0 Å². The molecular weight excluding hydrogens is 270 g/mol. The quantitative estimate of drug-likeness (QED) is 0.873. The monoisotopic (exact) mass is 284 g/mol. The summed E-state index contributed by atoms with van der Waals surface area (Å²) in [7, 11) is 0. The highest BCUT2D eigenvalue weighted by Gasteiger charge is 2.04. The molecule has 0 atom stereocenters. The number of halogens is 2.